The van der Waals surface area contributed by atoms with E-state index in [-0.39, 0.29) is 0 Å². The molecule has 1 aromatic rings. The first-order chi connectivity index (χ1) is 8.20. The van der Waals surface area contributed by atoms with Gasteiger partial charge in [0.05, 0.1) is 11.6 Å². The number of halogens is 1. The van der Waals surface area contributed by atoms with E-state index >= 15 is 0 Å². The molecule has 0 unspecified atom stereocenters. The Hall–Kier alpha value is -0.830. The summed E-state index contributed by atoms with van der Waals surface area (Å²) in [5, 5.41) is 8.41. The molecule has 2 rings (SSSR count). The highest BCUT2D eigenvalue weighted by Gasteiger charge is 2.29. The summed E-state index contributed by atoms with van der Waals surface area (Å²) in [6.07, 6.45) is 3.78. The van der Waals surface area contributed by atoms with E-state index in [2.05, 4.69) is 28.9 Å². The molecule has 3 nitrogen and oxygen atoms in total. The van der Waals surface area contributed by atoms with Gasteiger partial charge in [-0.1, -0.05) is 13.8 Å². The molecule has 0 amide bonds. The summed E-state index contributed by atoms with van der Waals surface area (Å²) < 4.78 is 0. The summed E-state index contributed by atoms with van der Waals surface area (Å²) in [5.41, 5.74) is 0.843. The number of aromatic nitrogens is 2. The molecule has 1 fully saturated rings. The van der Waals surface area contributed by atoms with Crippen LogP contribution in [0.1, 0.15) is 38.8 Å². The van der Waals surface area contributed by atoms with E-state index in [1.54, 1.807) is 0 Å². The fourth-order valence-corrected chi connectivity index (χ4v) is 1.99. The predicted molar refractivity (Wildman–Crippen MR) is 71.4 cm³/mol. The van der Waals surface area contributed by atoms with Gasteiger partial charge in [-0.25, -0.2) is 0 Å². The second kappa shape index (κ2) is 5.67. The number of anilines is 1. The van der Waals surface area contributed by atoms with Gasteiger partial charge in [0.1, 0.15) is 0 Å². The number of nitrogens with zero attached hydrogens (tertiary/aromatic N) is 3. The predicted octanol–water partition coefficient (Wildman–Crippen LogP) is 3.23. The van der Waals surface area contributed by atoms with Gasteiger partial charge in [-0.15, -0.1) is 16.7 Å². The third kappa shape index (κ3) is 3.56. The van der Waals surface area contributed by atoms with E-state index in [1.165, 1.54) is 19.3 Å². The zero-order valence-electron chi connectivity index (χ0n) is 10.6. The molecular formula is C13H20ClN3. The Balaban J connectivity index is 2.03. The lowest BCUT2D eigenvalue weighted by Gasteiger charge is -2.23. The van der Waals surface area contributed by atoms with Crippen LogP contribution in [0.5, 0.6) is 0 Å². The summed E-state index contributed by atoms with van der Waals surface area (Å²) in [5.74, 6) is 2.16. The zero-order valence-corrected chi connectivity index (χ0v) is 11.3. The van der Waals surface area contributed by atoms with Gasteiger partial charge in [-0.05, 0) is 37.3 Å². The van der Waals surface area contributed by atoms with Crippen LogP contribution >= 0.6 is 11.6 Å². The standard InChI is InChI=1S/C13H20ClN3/c1-10(2)7-8-17(12-4-5-12)13-6-3-11(9-14)15-16-13/h3,6,10,12H,4-5,7-9H2,1-2H3. The molecule has 1 aliphatic rings. The Kier molecular flexibility index (Phi) is 4.21. The first-order valence-electron chi connectivity index (χ1n) is 6.36. The summed E-state index contributed by atoms with van der Waals surface area (Å²) >= 11 is 5.72. The molecule has 4 heteroatoms. The first-order valence-corrected chi connectivity index (χ1v) is 6.89. The molecular weight excluding hydrogens is 234 g/mol. The minimum atomic E-state index is 0.433. The van der Waals surface area contributed by atoms with Crippen molar-refractivity contribution >= 4 is 17.4 Å². The van der Waals surface area contributed by atoms with E-state index in [9.17, 15) is 0 Å². The van der Waals surface area contributed by atoms with E-state index in [0.29, 0.717) is 11.9 Å². The van der Waals surface area contributed by atoms with Crippen LogP contribution in [0.15, 0.2) is 12.1 Å². The van der Waals surface area contributed by atoms with Crippen molar-refractivity contribution in [1.82, 2.24) is 10.2 Å². The molecule has 0 spiro atoms. The van der Waals surface area contributed by atoms with Crippen molar-refractivity contribution in [2.45, 2.75) is 45.0 Å². The normalized spacial score (nSPS) is 15.3. The van der Waals surface area contributed by atoms with E-state index in [4.69, 9.17) is 11.6 Å². The van der Waals surface area contributed by atoms with Crippen LogP contribution in [0, 0.1) is 5.92 Å². The number of alkyl halides is 1. The maximum atomic E-state index is 5.72. The van der Waals surface area contributed by atoms with Crippen molar-refractivity contribution in [1.29, 1.82) is 0 Å². The highest BCUT2D eigenvalue weighted by atomic mass is 35.5. The summed E-state index contributed by atoms with van der Waals surface area (Å²) in [6.45, 7) is 5.60. The molecule has 0 bridgehead atoms. The first kappa shape index (κ1) is 12.6. The molecule has 1 aliphatic carbocycles. The molecule has 17 heavy (non-hydrogen) atoms. The van der Waals surface area contributed by atoms with Crippen LogP contribution < -0.4 is 4.90 Å². The summed E-state index contributed by atoms with van der Waals surface area (Å²) in [6, 6.07) is 4.70. The van der Waals surface area contributed by atoms with Gasteiger partial charge in [-0.2, -0.15) is 5.10 Å². The van der Waals surface area contributed by atoms with Gasteiger partial charge in [0, 0.05) is 12.6 Å². The quantitative estimate of drug-likeness (QED) is 0.729. The van der Waals surface area contributed by atoms with Crippen LogP contribution in [0.25, 0.3) is 0 Å². The number of rotatable bonds is 6. The van der Waals surface area contributed by atoms with Crippen LogP contribution in [0.4, 0.5) is 5.82 Å². The molecule has 1 heterocycles. The maximum absolute atomic E-state index is 5.72. The van der Waals surface area contributed by atoms with Crippen LogP contribution in [0.3, 0.4) is 0 Å². The molecule has 0 atom stereocenters. The smallest absolute Gasteiger partial charge is 0.151 e. The van der Waals surface area contributed by atoms with E-state index < -0.39 is 0 Å². The highest BCUT2D eigenvalue weighted by Crippen LogP contribution is 2.30. The number of hydrogen-bond acceptors (Lipinski definition) is 3. The lowest BCUT2D eigenvalue weighted by Crippen LogP contribution is -2.28. The van der Waals surface area contributed by atoms with Crippen molar-refractivity contribution in [2.75, 3.05) is 11.4 Å². The van der Waals surface area contributed by atoms with Gasteiger partial charge < -0.3 is 4.90 Å². The topological polar surface area (TPSA) is 29.0 Å². The van der Waals surface area contributed by atoms with Crippen molar-refractivity contribution in [3.05, 3.63) is 17.8 Å². The van der Waals surface area contributed by atoms with Gasteiger partial charge in [0.25, 0.3) is 0 Å². The number of hydrogen-bond donors (Lipinski definition) is 0. The molecule has 94 valence electrons. The molecule has 0 N–H and O–H groups in total. The Labute approximate surface area is 108 Å². The van der Waals surface area contributed by atoms with Crippen molar-refractivity contribution in [3.63, 3.8) is 0 Å². The van der Waals surface area contributed by atoms with Crippen molar-refractivity contribution in [3.8, 4) is 0 Å². The highest BCUT2D eigenvalue weighted by molar-refractivity contribution is 6.16. The van der Waals surface area contributed by atoms with Gasteiger partial charge in [-0.3, -0.25) is 0 Å². The lowest BCUT2D eigenvalue weighted by molar-refractivity contribution is 0.567. The molecule has 1 aromatic heterocycles. The average Bonchev–Trinajstić information content (AvgIpc) is 3.14. The summed E-state index contributed by atoms with van der Waals surface area (Å²) in [4.78, 5) is 2.39. The van der Waals surface area contributed by atoms with Gasteiger partial charge in [0.2, 0.25) is 0 Å². The lowest BCUT2D eigenvalue weighted by atomic mass is 10.1. The molecule has 0 aromatic carbocycles. The average molecular weight is 254 g/mol. The summed E-state index contributed by atoms with van der Waals surface area (Å²) in [7, 11) is 0. The third-order valence-corrected chi connectivity index (χ3v) is 3.35. The Morgan fingerprint density at radius 2 is 2.12 bits per heavy atom. The Bertz CT molecular complexity index is 346. The largest absolute Gasteiger partial charge is 0.352 e. The van der Waals surface area contributed by atoms with Crippen molar-refractivity contribution in [2.24, 2.45) is 5.92 Å². The van der Waals surface area contributed by atoms with Crippen molar-refractivity contribution < 1.29 is 0 Å². The molecule has 0 radical (unpaired) electrons. The minimum Gasteiger partial charge on any atom is -0.352 e. The van der Waals surface area contributed by atoms with Crippen LogP contribution in [-0.2, 0) is 5.88 Å². The van der Waals surface area contributed by atoms with E-state index in [0.717, 1.165) is 24.0 Å². The SMILES string of the molecule is CC(C)CCN(c1ccc(CCl)nn1)C1CC1. The Morgan fingerprint density at radius 1 is 1.35 bits per heavy atom. The van der Waals surface area contributed by atoms with E-state index in [1.807, 2.05) is 12.1 Å². The second-order valence-electron chi connectivity index (χ2n) is 5.12. The molecule has 0 aliphatic heterocycles. The molecule has 1 saturated carbocycles. The monoisotopic (exact) mass is 253 g/mol. The Morgan fingerprint density at radius 3 is 2.59 bits per heavy atom. The second-order valence-corrected chi connectivity index (χ2v) is 5.39. The van der Waals surface area contributed by atoms with Gasteiger partial charge in [0.15, 0.2) is 5.82 Å². The maximum Gasteiger partial charge on any atom is 0.151 e. The molecule has 0 saturated heterocycles. The van der Waals surface area contributed by atoms with Crippen LogP contribution in [0.2, 0.25) is 0 Å². The fraction of sp³-hybridized carbons (Fsp3) is 0.692. The van der Waals surface area contributed by atoms with Gasteiger partial charge >= 0.3 is 0 Å². The fourth-order valence-electron chi connectivity index (χ4n) is 1.84. The third-order valence-electron chi connectivity index (χ3n) is 3.07. The zero-order chi connectivity index (χ0) is 12.3. The minimum absolute atomic E-state index is 0.433. The van der Waals surface area contributed by atoms with Crippen LogP contribution in [-0.4, -0.2) is 22.8 Å².